The number of nitrogens with one attached hydrogen (secondary N) is 2. The van der Waals surface area contributed by atoms with E-state index in [-0.39, 0.29) is 5.91 Å². The van der Waals surface area contributed by atoms with Crippen LogP contribution in [0.3, 0.4) is 0 Å². The Morgan fingerprint density at radius 2 is 1.86 bits per heavy atom. The highest BCUT2D eigenvalue weighted by Crippen LogP contribution is 2.38. The number of hydrogen-bond acceptors (Lipinski definition) is 9. The second kappa shape index (κ2) is 15.9. The molecular formula is C32H40FN6O4P. The SMILES string of the molecule is C=CC(=O)Nc1cc(Nc2nccc(/C(=C/C)c3ccc(C(=O)OP(C)F)cc3CC)n2)c(OC)cc1N(C)CCN(C)C. The lowest BCUT2D eigenvalue weighted by Crippen LogP contribution is -2.29. The van der Waals surface area contributed by atoms with Crippen LogP contribution in [-0.2, 0) is 15.7 Å². The van der Waals surface area contributed by atoms with Crippen LogP contribution in [0, 0.1) is 0 Å². The van der Waals surface area contributed by atoms with E-state index in [1.54, 1.807) is 37.6 Å². The third-order valence-corrected chi connectivity index (χ3v) is 7.16. The van der Waals surface area contributed by atoms with Gasteiger partial charge in [0.15, 0.2) is 0 Å². The average molecular weight is 623 g/mol. The van der Waals surface area contributed by atoms with E-state index in [0.717, 1.165) is 35.5 Å². The van der Waals surface area contributed by atoms with Crippen molar-refractivity contribution in [1.82, 2.24) is 14.9 Å². The summed E-state index contributed by atoms with van der Waals surface area (Å²) in [5, 5.41) is 6.13. The second-order valence-corrected chi connectivity index (χ2v) is 11.1. The van der Waals surface area contributed by atoms with Crippen LogP contribution >= 0.6 is 8.46 Å². The van der Waals surface area contributed by atoms with E-state index >= 15 is 0 Å². The minimum atomic E-state index is -2.31. The van der Waals surface area contributed by atoms with E-state index in [1.165, 1.54) is 12.7 Å². The first-order chi connectivity index (χ1) is 21.0. The van der Waals surface area contributed by atoms with E-state index < -0.39 is 14.4 Å². The van der Waals surface area contributed by atoms with Crippen molar-refractivity contribution in [2.45, 2.75) is 20.3 Å². The van der Waals surface area contributed by atoms with Crippen LogP contribution in [0.25, 0.3) is 5.57 Å². The van der Waals surface area contributed by atoms with Crippen molar-refractivity contribution >= 4 is 48.9 Å². The smallest absolute Gasteiger partial charge is 0.342 e. The largest absolute Gasteiger partial charge is 0.494 e. The lowest BCUT2D eigenvalue weighted by molar-refractivity contribution is -0.111. The van der Waals surface area contributed by atoms with Crippen molar-refractivity contribution in [2.24, 2.45) is 0 Å². The van der Waals surface area contributed by atoms with Gasteiger partial charge in [-0.2, -0.15) is 4.20 Å². The van der Waals surface area contributed by atoms with Crippen LogP contribution < -0.4 is 20.3 Å². The number of carbonyl (C=O) groups excluding carboxylic acids is 2. The molecule has 0 bridgehead atoms. The molecule has 3 rings (SSSR count). The second-order valence-electron chi connectivity index (χ2n) is 10.1. The van der Waals surface area contributed by atoms with E-state index in [9.17, 15) is 13.8 Å². The van der Waals surface area contributed by atoms with E-state index in [2.05, 4.69) is 27.1 Å². The Bertz CT molecular complexity index is 1530. The Kier molecular flexibility index (Phi) is 12.4. The van der Waals surface area contributed by atoms with Gasteiger partial charge < -0.3 is 29.7 Å². The molecule has 10 nitrogen and oxygen atoms in total. The molecule has 0 aliphatic carbocycles. The molecule has 0 aliphatic rings. The highest BCUT2D eigenvalue weighted by atomic mass is 31.2. The molecule has 44 heavy (non-hydrogen) atoms. The number of benzene rings is 2. The van der Waals surface area contributed by atoms with Crippen LogP contribution in [0.5, 0.6) is 5.75 Å². The van der Waals surface area contributed by atoms with Crippen molar-refractivity contribution in [3.05, 3.63) is 83.7 Å². The topological polar surface area (TPSA) is 109 Å². The third-order valence-electron chi connectivity index (χ3n) is 6.74. The summed E-state index contributed by atoms with van der Waals surface area (Å²) < 4.78 is 23.8. The predicted octanol–water partition coefficient (Wildman–Crippen LogP) is 6.43. The number of aryl methyl sites for hydroxylation is 1. The maximum Gasteiger partial charge on any atom is 0.342 e. The first kappa shape index (κ1) is 34.2. The maximum absolute atomic E-state index is 13.3. The number of methoxy groups -OCH3 is 1. The lowest BCUT2D eigenvalue weighted by Gasteiger charge is -2.26. The van der Waals surface area contributed by atoms with Crippen LogP contribution in [-0.4, -0.2) is 74.8 Å². The minimum Gasteiger partial charge on any atom is -0.494 e. The number of likely N-dealkylation sites (N-methyl/N-ethyl adjacent to an activating group) is 2. The molecule has 12 heteroatoms. The zero-order valence-corrected chi connectivity index (χ0v) is 27.2. The molecule has 0 aliphatic heterocycles. The van der Waals surface area contributed by atoms with Crippen LogP contribution in [0.2, 0.25) is 0 Å². The van der Waals surface area contributed by atoms with Gasteiger partial charge in [-0.15, -0.1) is 0 Å². The highest BCUT2D eigenvalue weighted by Gasteiger charge is 2.19. The normalized spacial score (nSPS) is 12.0. The van der Waals surface area contributed by atoms with Gasteiger partial charge in [0.05, 0.1) is 35.4 Å². The minimum absolute atomic E-state index is 0.292. The van der Waals surface area contributed by atoms with E-state index in [4.69, 9.17) is 14.2 Å². The number of carbonyl (C=O) groups is 2. The zero-order valence-electron chi connectivity index (χ0n) is 26.3. The number of allylic oxidation sites excluding steroid dienone is 1. The summed E-state index contributed by atoms with van der Waals surface area (Å²) in [7, 11) is 5.21. The van der Waals surface area contributed by atoms with Crippen molar-refractivity contribution < 1.29 is 23.0 Å². The zero-order chi connectivity index (χ0) is 32.4. The van der Waals surface area contributed by atoms with Crippen molar-refractivity contribution in [3.63, 3.8) is 0 Å². The third kappa shape index (κ3) is 8.84. The molecule has 0 spiro atoms. The van der Waals surface area contributed by atoms with Gasteiger partial charge in [-0.1, -0.05) is 25.6 Å². The summed E-state index contributed by atoms with van der Waals surface area (Å²) in [4.78, 5) is 37.9. The van der Waals surface area contributed by atoms with Crippen LogP contribution in [0.15, 0.2) is 61.3 Å². The van der Waals surface area contributed by atoms with E-state index in [0.29, 0.717) is 40.8 Å². The number of hydrogen-bond donors (Lipinski definition) is 2. The Hall–Kier alpha value is -4.34. The molecule has 1 atom stereocenters. The molecule has 234 valence electrons. The number of ether oxygens (including phenoxy) is 1. The van der Waals surface area contributed by atoms with Crippen molar-refractivity contribution in [2.75, 3.05) is 63.5 Å². The van der Waals surface area contributed by atoms with Gasteiger partial charge in [0.2, 0.25) is 11.9 Å². The Labute approximate surface area is 259 Å². The molecule has 0 radical (unpaired) electrons. The molecule has 1 heterocycles. The van der Waals surface area contributed by atoms with Gasteiger partial charge in [0, 0.05) is 44.6 Å². The van der Waals surface area contributed by atoms with Gasteiger partial charge in [-0.25, -0.2) is 14.8 Å². The Balaban J connectivity index is 1.99. The van der Waals surface area contributed by atoms with Gasteiger partial charge in [0.1, 0.15) is 5.75 Å². The number of aromatic nitrogens is 2. The monoisotopic (exact) mass is 622 g/mol. The summed E-state index contributed by atoms with van der Waals surface area (Å²) in [5.41, 5.74) is 5.44. The van der Waals surface area contributed by atoms with Crippen molar-refractivity contribution in [1.29, 1.82) is 0 Å². The first-order valence-corrected chi connectivity index (χ1v) is 15.6. The number of rotatable bonds is 14. The molecule has 0 fully saturated rings. The summed E-state index contributed by atoms with van der Waals surface area (Å²) in [6.07, 6.45) is 5.43. The van der Waals surface area contributed by atoms with Gasteiger partial charge in [-0.05, 0) is 68.9 Å². The number of anilines is 4. The fraction of sp³-hybridized carbons (Fsp3) is 0.312. The van der Waals surface area contributed by atoms with Crippen molar-refractivity contribution in [3.8, 4) is 5.75 Å². The van der Waals surface area contributed by atoms with Gasteiger partial charge in [0.25, 0.3) is 8.46 Å². The fourth-order valence-corrected chi connectivity index (χ4v) is 4.81. The first-order valence-electron chi connectivity index (χ1n) is 14.0. The molecule has 3 aromatic rings. The molecule has 1 unspecified atom stereocenters. The number of amides is 1. The van der Waals surface area contributed by atoms with Crippen LogP contribution in [0.1, 0.15) is 41.0 Å². The van der Waals surface area contributed by atoms with Gasteiger partial charge in [-0.3, -0.25) is 4.79 Å². The molecule has 0 saturated heterocycles. The number of nitrogens with zero attached hydrogens (tertiary/aromatic N) is 4. The molecule has 2 aromatic carbocycles. The molecular weight excluding hydrogens is 582 g/mol. The van der Waals surface area contributed by atoms with E-state index in [1.807, 2.05) is 58.1 Å². The summed E-state index contributed by atoms with van der Waals surface area (Å²) in [6.45, 7) is 10.2. The molecule has 1 amide bonds. The molecule has 1 aromatic heterocycles. The summed E-state index contributed by atoms with van der Waals surface area (Å²) in [6, 6.07) is 10.6. The average Bonchev–Trinajstić information content (AvgIpc) is 3.00. The molecule has 0 saturated carbocycles. The Morgan fingerprint density at radius 1 is 1.11 bits per heavy atom. The van der Waals surface area contributed by atoms with Gasteiger partial charge >= 0.3 is 5.97 Å². The summed E-state index contributed by atoms with van der Waals surface area (Å²) >= 11 is 0. The highest BCUT2D eigenvalue weighted by molar-refractivity contribution is 7.46. The standard InChI is InChI=1S/C32H40FN6O4P/c1-9-21-18-22(31(41)43-44(8)33)12-13-24(21)23(10-2)25-14-15-34-32(36-25)37-27-19-26(35-30(40)11-3)28(20-29(27)42-7)39(6)17-16-38(4)5/h10-15,18-20H,3,9,16-17H2,1-2,4-8H3,(H,35,40)(H,34,36,37)/b23-10+. The van der Waals surface area contributed by atoms with Crippen LogP contribution in [0.4, 0.5) is 27.2 Å². The fourth-order valence-electron chi connectivity index (χ4n) is 4.48. The maximum atomic E-state index is 13.3. The predicted molar refractivity (Wildman–Crippen MR) is 177 cm³/mol. The Morgan fingerprint density at radius 3 is 2.48 bits per heavy atom. The number of halogens is 1. The summed E-state index contributed by atoms with van der Waals surface area (Å²) in [5.74, 6) is -0.184. The lowest BCUT2D eigenvalue weighted by atomic mass is 9.94. The molecule has 2 N–H and O–H groups in total. The quantitative estimate of drug-likeness (QED) is 0.155.